The first-order valence-corrected chi connectivity index (χ1v) is 6.60. The molecule has 0 bridgehead atoms. The number of likely N-dealkylation sites (N-methyl/N-ethyl adjacent to an activating group) is 1. The van der Waals surface area contributed by atoms with Gasteiger partial charge in [-0.3, -0.25) is 9.59 Å². The van der Waals surface area contributed by atoms with Gasteiger partial charge in [0.15, 0.2) is 0 Å². The highest BCUT2D eigenvalue weighted by molar-refractivity contribution is 5.95. The summed E-state index contributed by atoms with van der Waals surface area (Å²) in [6.07, 6.45) is 1.98. The van der Waals surface area contributed by atoms with E-state index in [2.05, 4.69) is 16.0 Å². The predicted molar refractivity (Wildman–Crippen MR) is 75.0 cm³/mol. The van der Waals surface area contributed by atoms with Crippen molar-refractivity contribution in [3.8, 4) is 0 Å². The van der Waals surface area contributed by atoms with Gasteiger partial charge in [-0.25, -0.2) is 0 Å². The molecule has 0 atom stereocenters. The summed E-state index contributed by atoms with van der Waals surface area (Å²) in [6, 6.07) is 7.16. The molecule has 0 saturated heterocycles. The second-order valence-electron chi connectivity index (χ2n) is 4.67. The molecule has 3 N–H and O–H groups in total. The van der Waals surface area contributed by atoms with Gasteiger partial charge in [0, 0.05) is 17.3 Å². The van der Waals surface area contributed by atoms with E-state index in [1.807, 2.05) is 6.92 Å². The Balaban J connectivity index is 1.83. The van der Waals surface area contributed by atoms with E-state index in [-0.39, 0.29) is 17.7 Å². The predicted octanol–water partition coefficient (Wildman–Crippen LogP) is 1.58. The van der Waals surface area contributed by atoms with E-state index in [1.165, 1.54) is 0 Å². The molecule has 1 aliphatic carbocycles. The maximum atomic E-state index is 11.6. The van der Waals surface area contributed by atoms with Crippen LogP contribution in [-0.2, 0) is 9.59 Å². The minimum atomic E-state index is -0.0726. The van der Waals surface area contributed by atoms with Crippen LogP contribution in [0.2, 0.25) is 0 Å². The average Bonchev–Trinajstić information content (AvgIpc) is 3.23. The first-order valence-electron chi connectivity index (χ1n) is 6.60. The molecule has 5 heteroatoms. The zero-order valence-electron chi connectivity index (χ0n) is 11.0. The summed E-state index contributed by atoms with van der Waals surface area (Å²) >= 11 is 0. The molecule has 102 valence electrons. The van der Waals surface area contributed by atoms with Crippen LogP contribution in [-0.4, -0.2) is 24.9 Å². The molecule has 1 fully saturated rings. The van der Waals surface area contributed by atoms with Crippen LogP contribution in [0.1, 0.15) is 19.8 Å². The van der Waals surface area contributed by atoms with Crippen molar-refractivity contribution in [1.82, 2.24) is 5.32 Å². The fourth-order valence-corrected chi connectivity index (χ4v) is 1.67. The molecule has 5 nitrogen and oxygen atoms in total. The average molecular weight is 261 g/mol. The lowest BCUT2D eigenvalue weighted by Gasteiger charge is -2.07. The first-order chi connectivity index (χ1) is 9.19. The van der Waals surface area contributed by atoms with E-state index in [4.69, 9.17) is 0 Å². The second kappa shape index (κ2) is 6.33. The fourth-order valence-electron chi connectivity index (χ4n) is 1.67. The summed E-state index contributed by atoms with van der Waals surface area (Å²) in [6.45, 7) is 3.01. The van der Waals surface area contributed by atoms with Gasteiger partial charge in [-0.15, -0.1) is 0 Å². The molecule has 0 heterocycles. The molecule has 2 rings (SSSR count). The van der Waals surface area contributed by atoms with Crippen LogP contribution >= 0.6 is 0 Å². The maximum Gasteiger partial charge on any atom is 0.238 e. The van der Waals surface area contributed by atoms with Crippen molar-refractivity contribution < 1.29 is 9.59 Å². The number of carbonyl (C=O) groups excluding carboxylic acids is 2. The van der Waals surface area contributed by atoms with Gasteiger partial charge in [0.25, 0.3) is 0 Å². The van der Waals surface area contributed by atoms with Gasteiger partial charge in [0.1, 0.15) is 0 Å². The number of hydrogen-bond donors (Lipinski definition) is 3. The van der Waals surface area contributed by atoms with E-state index in [1.54, 1.807) is 24.3 Å². The van der Waals surface area contributed by atoms with Crippen molar-refractivity contribution >= 4 is 23.2 Å². The fraction of sp³-hybridized carbons (Fsp3) is 0.429. The Labute approximate surface area is 112 Å². The quantitative estimate of drug-likeness (QED) is 0.728. The van der Waals surface area contributed by atoms with E-state index >= 15 is 0 Å². The molecule has 0 aromatic heterocycles. The van der Waals surface area contributed by atoms with E-state index in [0.717, 1.165) is 30.8 Å². The molecule has 19 heavy (non-hydrogen) atoms. The maximum absolute atomic E-state index is 11.6. The van der Waals surface area contributed by atoms with Gasteiger partial charge in [-0.2, -0.15) is 0 Å². The minimum Gasteiger partial charge on any atom is -0.326 e. The van der Waals surface area contributed by atoms with Crippen molar-refractivity contribution in [2.45, 2.75) is 19.8 Å². The Morgan fingerprint density at radius 3 is 2.21 bits per heavy atom. The molecular formula is C14H19N3O2. The molecular weight excluding hydrogens is 242 g/mol. The van der Waals surface area contributed by atoms with Crippen LogP contribution in [0, 0.1) is 5.92 Å². The third-order valence-electron chi connectivity index (χ3n) is 2.92. The third-order valence-corrected chi connectivity index (χ3v) is 2.92. The molecule has 1 aliphatic rings. The normalized spacial score (nSPS) is 13.9. The van der Waals surface area contributed by atoms with Crippen molar-refractivity contribution in [1.29, 1.82) is 0 Å². The molecule has 0 spiro atoms. The van der Waals surface area contributed by atoms with E-state index in [9.17, 15) is 9.59 Å². The highest BCUT2D eigenvalue weighted by Gasteiger charge is 2.29. The van der Waals surface area contributed by atoms with E-state index in [0.29, 0.717) is 6.54 Å². The van der Waals surface area contributed by atoms with Gasteiger partial charge in [0.05, 0.1) is 6.54 Å². The van der Waals surface area contributed by atoms with Crippen LogP contribution in [0.25, 0.3) is 0 Å². The van der Waals surface area contributed by atoms with Gasteiger partial charge >= 0.3 is 0 Å². The summed E-state index contributed by atoms with van der Waals surface area (Å²) in [5, 5.41) is 8.59. The Morgan fingerprint density at radius 1 is 1.11 bits per heavy atom. The highest BCUT2D eigenvalue weighted by atomic mass is 16.2. The zero-order chi connectivity index (χ0) is 13.7. The SMILES string of the molecule is CCNCC(=O)Nc1ccc(NC(=O)C2CC2)cc1. The zero-order valence-corrected chi connectivity index (χ0v) is 11.0. The van der Waals surface area contributed by atoms with Crippen LogP contribution in [0.5, 0.6) is 0 Å². The molecule has 2 amide bonds. The molecule has 0 unspecified atom stereocenters. The third kappa shape index (κ3) is 4.37. The Hall–Kier alpha value is -1.88. The highest BCUT2D eigenvalue weighted by Crippen LogP contribution is 2.30. The van der Waals surface area contributed by atoms with Crippen molar-refractivity contribution in [2.75, 3.05) is 23.7 Å². The summed E-state index contributed by atoms with van der Waals surface area (Å²) in [5.74, 6) is 0.208. The van der Waals surface area contributed by atoms with Crippen molar-refractivity contribution in [3.63, 3.8) is 0 Å². The van der Waals surface area contributed by atoms with E-state index < -0.39 is 0 Å². The van der Waals surface area contributed by atoms with Gasteiger partial charge in [0.2, 0.25) is 11.8 Å². The van der Waals surface area contributed by atoms with Crippen LogP contribution < -0.4 is 16.0 Å². The largest absolute Gasteiger partial charge is 0.326 e. The van der Waals surface area contributed by atoms with Crippen LogP contribution in [0.3, 0.4) is 0 Å². The Bertz CT molecular complexity index is 452. The summed E-state index contributed by atoms with van der Waals surface area (Å²) in [7, 11) is 0. The Morgan fingerprint density at radius 2 is 1.68 bits per heavy atom. The molecule has 0 radical (unpaired) electrons. The lowest BCUT2D eigenvalue weighted by molar-refractivity contribution is -0.117. The first kappa shape index (κ1) is 13.5. The smallest absolute Gasteiger partial charge is 0.238 e. The Kier molecular flexibility index (Phi) is 4.52. The second-order valence-corrected chi connectivity index (χ2v) is 4.67. The number of hydrogen-bond acceptors (Lipinski definition) is 3. The summed E-state index contributed by atoms with van der Waals surface area (Å²) in [5.41, 5.74) is 1.49. The van der Waals surface area contributed by atoms with Gasteiger partial charge in [-0.05, 0) is 43.7 Å². The molecule has 1 aromatic carbocycles. The number of nitrogens with one attached hydrogen (secondary N) is 3. The van der Waals surface area contributed by atoms with Crippen LogP contribution in [0.4, 0.5) is 11.4 Å². The van der Waals surface area contributed by atoms with Crippen LogP contribution in [0.15, 0.2) is 24.3 Å². The van der Waals surface area contributed by atoms with Crippen molar-refractivity contribution in [3.05, 3.63) is 24.3 Å². The van der Waals surface area contributed by atoms with Gasteiger partial charge in [-0.1, -0.05) is 6.92 Å². The molecule has 1 aromatic rings. The van der Waals surface area contributed by atoms with Gasteiger partial charge < -0.3 is 16.0 Å². The number of rotatable bonds is 6. The number of amides is 2. The standard InChI is InChI=1S/C14H19N3O2/c1-2-15-9-13(18)16-11-5-7-12(8-6-11)17-14(19)10-3-4-10/h5-8,10,15H,2-4,9H2,1H3,(H,16,18)(H,17,19). The lowest BCUT2D eigenvalue weighted by Crippen LogP contribution is -2.27. The number of anilines is 2. The minimum absolute atomic E-state index is 0.0726. The number of benzene rings is 1. The summed E-state index contributed by atoms with van der Waals surface area (Å²) < 4.78 is 0. The summed E-state index contributed by atoms with van der Waals surface area (Å²) in [4.78, 5) is 23.1. The monoisotopic (exact) mass is 261 g/mol. The lowest BCUT2D eigenvalue weighted by atomic mass is 10.2. The molecule has 0 aliphatic heterocycles. The number of carbonyl (C=O) groups is 2. The topological polar surface area (TPSA) is 70.2 Å². The van der Waals surface area contributed by atoms with Crippen molar-refractivity contribution in [2.24, 2.45) is 5.92 Å². The molecule has 1 saturated carbocycles.